The molecule has 7 heteroatoms. The van der Waals surface area contributed by atoms with Crippen LogP contribution in [0.5, 0.6) is 0 Å². The Morgan fingerprint density at radius 1 is 1.32 bits per heavy atom. The van der Waals surface area contributed by atoms with E-state index in [-0.39, 0.29) is 0 Å². The molecule has 134 valence electrons. The fraction of sp³-hybridized carbons (Fsp3) is 0.500. The molecule has 1 aromatic carbocycles. The number of sulfonamides is 1. The van der Waals surface area contributed by atoms with Gasteiger partial charge in [-0.25, -0.2) is 18.1 Å². The van der Waals surface area contributed by atoms with Crippen LogP contribution < -0.4 is 9.62 Å². The van der Waals surface area contributed by atoms with Crippen molar-refractivity contribution in [2.24, 2.45) is 5.92 Å². The monoisotopic (exact) mass is 360 g/mol. The van der Waals surface area contributed by atoms with Crippen molar-refractivity contribution in [3.05, 3.63) is 42.0 Å². The predicted molar refractivity (Wildman–Crippen MR) is 97.3 cm³/mol. The zero-order chi connectivity index (χ0) is 17.4. The lowest BCUT2D eigenvalue weighted by molar-refractivity contribution is 0.379. The normalized spacial score (nSPS) is 20.2. The number of hydrogen-bond donors (Lipinski definition) is 1. The highest BCUT2D eigenvalue weighted by Gasteiger charge is 2.23. The molecule has 4 rings (SSSR count). The standard InChI is InChI=1S/C18H24N4O2S/c1-21-8-2-3-15-4-5-16(12-17(15)21)25(23,24)20-13-14-6-9-22-10-7-19-18(22)11-14/h4-5,7,10,12,14,20H,2-3,6,8-9,11,13H2,1H3. The summed E-state index contributed by atoms with van der Waals surface area (Å²) in [6.07, 6.45) is 7.72. The molecule has 0 aliphatic carbocycles. The zero-order valence-corrected chi connectivity index (χ0v) is 15.3. The van der Waals surface area contributed by atoms with E-state index in [9.17, 15) is 8.42 Å². The van der Waals surface area contributed by atoms with Gasteiger partial charge in [0.25, 0.3) is 0 Å². The SMILES string of the molecule is CN1CCCc2ccc(S(=O)(=O)NCC3CCn4ccnc4C3)cc21. The molecule has 0 spiro atoms. The van der Waals surface area contributed by atoms with Crippen molar-refractivity contribution >= 4 is 15.7 Å². The van der Waals surface area contributed by atoms with Crippen LogP contribution in [0.2, 0.25) is 0 Å². The summed E-state index contributed by atoms with van der Waals surface area (Å²) in [7, 11) is -1.46. The molecule has 1 atom stereocenters. The Bertz CT molecular complexity index is 875. The largest absolute Gasteiger partial charge is 0.374 e. The molecule has 1 aromatic heterocycles. The number of fused-ring (bicyclic) bond motifs is 2. The van der Waals surface area contributed by atoms with E-state index in [0.29, 0.717) is 17.4 Å². The van der Waals surface area contributed by atoms with E-state index in [1.54, 1.807) is 6.07 Å². The summed E-state index contributed by atoms with van der Waals surface area (Å²) < 4.78 is 30.4. The highest BCUT2D eigenvalue weighted by molar-refractivity contribution is 7.89. The molecule has 25 heavy (non-hydrogen) atoms. The number of nitrogens with zero attached hydrogens (tertiary/aromatic N) is 3. The topological polar surface area (TPSA) is 67.2 Å². The van der Waals surface area contributed by atoms with E-state index in [1.165, 1.54) is 5.56 Å². The van der Waals surface area contributed by atoms with Crippen molar-refractivity contribution in [1.29, 1.82) is 0 Å². The molecule has 2 aromatic rings. The first-order valence-electron chi connectivity index (χ1n) is 8.87. The minimum absolute atomic E-state index is 0.296. The third-order valence-corrected chi connectivity index (χ3v) is 6.75. The Morgan fingerprint density at radius 2 is 2.20 bits per heavy atom. The van der Waals surface area contributed by atoms with Crippen molar-refractivity contribution < 1.29 is 8.42 Å². The minimum Gasteiger partial charge on any atom is -0.374 e. The van der Waals surface area contributed by atoms with Gasteiger partial charge in [0.05, 0.1) is 4.90 Å². The molecule has 2 aliphatic rings. The van der Waals surface area contributed by atoms with Crippen LogP contribution in [0, 0.1) is 5.92 Å². The summed E-state index contributed by atoms with van der Waals surface area (Å²) in [6, 6.07) is 5.50. The fourth-order valence-electron chi connectivity index (χ4n) is 3.81. The first-order chi connectivity index (χ1) is 12.0. The van der Waals surface area contributed by atoms with Gasteiger partial charge in [-0.2, -0.15) is 0 Å². The molecular weight excluding hydrogens is 336 g/mol. The molecule has 0 fully saturated rings. The van der Waals surface area contributed by atoms with Crippen molar-refractivity contribution in [3.63, 3.8) is 0 Å². The Labute approximate surface area is 148 Å². The molecular formula is C18H24N4O2S. The number of imidazole rings is 1. The van der Waals surface area contributed by atoms with Gasteiger partial charge in [-0.05, 0) is 42.9 Å². The second-order valence-corrected chi connectivity index (χ2v) is 8.83. The number of aromatic nitrogens is 2. The summed E-state index contributed by atoms with van der Waals surface area (Å²) in [4.78, 5) is 6.84. The third kappa shape index (κ3) is 3.30. The van der Waals surface area contributed by atoms with Gasteiger partial charge in [0.2, 0.25) is 10.0 Å². The maximum Gasteiger partial charge on any atom is 0.240 e. The van der Waals surface area contributed by atoms with Gasteiger partial charge in [-0.1, -0.05) is 6.07 Å². The molecule has 3 heterocycles. The molecule has 0 bridgehead atoms. The van der Waals surface area contributed by atoms with Crippen molar-refractivity contribution in [3.8, 4) is 0 Å². The second kappa shape index (κ2) is 6.46. The Morgan fingerprint density at radius 3 is 3.08 bits per heavy atom. The lowest BCUT2D eigenvalue weighted by Gasteiger charge is -2.28. The lowest BCUT2D eigenvalue weighted by atomic mass is 9.98. The lowest BCUT2D eigenvalue weighted by Crippen LogP contribution is -2.33. The van der Waals surface area contributed by atoms with E-state index >= 15 is 0 Å². The van der Waals surface area contributed by atoms with Gasteiger partial charge in [-0.15, -0.1) is 0 Å². The number of nitrogens with one attached hydrogen (secondary N) is 1. The summed E-state index contributed by atoms with van der Waals surface area (Å²) in [5, 5.41) is 0. The van der Waals surface area contributed by atoms with E-state index in [0.717, 1.165) is 50.3 Å². The molecule has 0 saturated carbocycles. The smallest absolute Gasteiger partial charge is 0.240 e. The molecule has 1 unspecified atom stereocenters. The minimum atomic E-state index is -3.48. The van der Waals surface area contributed by atoms with Gasteiger partial charge < -0.3 is 9.47 Å². The van der Waals surface area contributed by atoms with Gasteiger partial charge in [0.1, 0.15) is 5.82 Å². The molecule has 0 saturated heterocycles. The molecule has 0 amide bonds. The maximum absolute atomic E-state index is 12.7. The van der Waals surface area contributed by atoms with Crippen molar-refractivity contribution in [1.82, 2.24) is 14.3 Å². The number of rotatable bonds is 4. The van der Waals surface area contributed by atoms with Gasteiger partial charge in [-0.3, -0.25) is 0 Å². The zero-order valence-electron chi connectivity index (χ0n) is 14.5. The Hall–Kier alpha value is -1.86. The number of hydrogen-bond acceptors (Lipinski definition) is 4. The summed E-state index contributed by atoms with van der Waals surface area (Å²) in [6.45, 7) is 2.34. The predicted octanol–water partition coefficient (Wildman–Crippen LogP) is 1.81. The first-order valence-corrected chi connectivity index (χ1v) is 10.3. The van der Waals surface area contributed by atoms with Crippen LogP contribution in [0.3, 0.4) is 0 Å². The number of aryl methyl sites for hydroxylation is 2. The molecule has 0 radical (unpaired) electrons. The summed E-state index contributed by atoms with van der Waals surface area (Å²) in [5.74, 6) is 1.34. The van der Waals surface area contributed by atoms with E-state index in [4.69, 9.17) is 0 Å². The maximum atomic E-state index is 12.7. The average molecular weight is 360 g/mol. The summed E-state index contributed by atoms with van der Waals surface area (Å²) >= 11 is 0. The number of benzene rings is 1. The second-order valence-electron chi connectivity index (χ2n) is 7.06. The highest BCUT2D eigenvalue weighted by atomic mass is 32.2. The Balaban J connectivity index is 1.46. The van der Waals surface area contributed by atoms with E-state index in [1.807, 2.05) is 31.6 Å². The van der Waals surface area contributed by atoms with Gasteiger partial charge >= 0.3 is 0 Å². The molecule has 1 N–H and O–H groups in total. The van der Waals surface area contributed by atoms with Gasteiger partial charge in [0, 0.05) is 51.2 Å². The third-order valence-electron chi connectivity index (χ3n) is 5.33. The van der Waals surface area contributed by atoms with E-state index in [2.05, 4.69) is 19.2 Å². The first kappa shape index (κ1) is 16.6. The molecule has 6 nitrogen and oxygen atoms in total. The van der Waals surface area contributed by atoms with E-state index < -0.39 is 10.0 Å². The van der Waals surface area contributed by atoms with Crippen LogP contribution in [0.4, 0.5) is 5.69 Å². The van der Waals surface area contributed by atoms with Gasteiger partial charge in [0.15, 0.2) is 0 Å². The fourth-order valence-corrected chi connectivity index (χ4v) is 4.94. The van der Waals surface area contributed by atoms with Crippen LogP contribution in [0.15, 0.2) is 35.5 Å². The Kier molecular flexibility index (Phi) is 4.29. The van der Waals surface area contributed by atoms with Crippen LogP contribution in [0.1, 0.15) is 24.2 Å². The van der Waals surface area contributed by atoms with Crippen LogP contribution in [0.25, 0.3) is 0 Å². The average Bonchev–Trinajstić information content (AvgIpc) is 3.08. The summed E-state index contributed by atoms with van der Waals surface area (Å²) in [5.41, 5.74) is 2.26. The van der Waals surface area contributed by atoms with Crippen LogP contribution in [-0.2, 0) is 29.4 Å². The van der Waals surface area contributed by atoms with Crippen molar-refractivity contribution in [2.45, 2.75) is 37.1 Å². The highest BCUT2D eigenvalue weighted by Crippen LogP contribution is 2.28. The van der Waals surface area contributed by atoms with Crippen molar-refractivity contribution in [2.75, 3.05) is 25.0 Å². The molecule has 2 aliphatic heterocycles. The van der Waals surface area contributed by atoms with Crippen LogP contribution >= 0.6 is 0 Å². The quantitative estimate of drug-likeness (QED) is 0.903. The van der Waals surface area contributed by atoms with Crippen LogP contribution in [-0.4, -0.2) is 38.1 Å². The number of anilines is 1.